The zero-order valence-electron chi connectivity index (χ0n) is 19.8. The van der Waals surface area contributed by atoms with Gasteiger partial charge in [-0.1, -0.05) is 43.3 Å². The zero-order chi connectivity index (χ0) is 24.1. The molecule has 2 heterocycles. The fourth-order valence-electron chi connectivity index (χ4n) is 3.98. The van der Waals surface area contributed by atoms with Gasteiger partial charge in [-0.05, 0) is 42.5 Å². The summed E-state index contributed by atoms with van der Waals surface area (Å²) in [5, 5.41) is 1.42. The van der Waals surface area contributed by atoms with Crippen LogP contribution in [0.2, 0.25) is 0 Å². The van der Waals surface area contributed by atoms with Gasteiger partial charge in [0.2, 0.25) is 0 Å². The van der Waals surface area contributed by atoms with Gasteiger partial charge in [-0.3, -0.25) is 19.3 Å². The second-order valence-electron chi connectivity index (χ2n) is 7.83. The molecule has 0 bridgehead atoms. The van der Waals surface area contributed by atoms with E-state index in [0.717, 1.165) is 40.0 Å². The van der Waals surface area contributed by atoms with E-state index in [1.165, 1.54) is 7.11 Å². The summed E-state index contributed by atoms with van der Waals surface area (Å²) in [6, 6.07) is 17.7. The predicted octanol–water partition coefficient (Wildman–Crippen LogP) is 4.74. The fourth-order valence-corrected chi connectivity index (χ4v) is 3.98. The monoisotopic (exact) mass is 453 g/mol. The molecule has 1 atom stereocenters. The van der Waals surface area contributed by atoms with E-state index in [1.807, 2.05) is 67.7 Å². The lowest BCUT2D eigenvalue weighted by Crippen LogP contribution is -2.25. The number of benzene rings is 2. The number of methoxy groups -OCH3 is 1. The van der Waals surface area contributed by atoms with E-state index < -0.39 is 0 Å². The van der Waals surface area contributed by atoms with E-state index in [2.05, 4.69) is 21.9 Å². The second-order valence-corrected chi connectivity index (χ2v) is 7.83. The van der Waals surface area contributed by atoms with Crippen molar-refractivity contribution >= 4 is 22.7 Å². The van der Waals surface area contributed by atoms with Crippen molar-refractivity contribution < 1.29 is 4.74 Å². The summed E-state index contributed by atoms with van der Waals surface area (Å²) in [6.07, 6.45) is 5.99. The summed E-state index contributed by atoms with van der Waals surface area (Å²) < 4.78 is 6.81. The first-order chi connectivity index (χ1) is 16.6. The number of aliphatic imine (C=N–C) groups is 2. The topological polar surface area (TPSA) is 81.7 Å². The van der Waals surface area contributed by atoms with Crippen LogP contribution in [0, 0.1) is 0 Å². The molecule has 1 unspecified atom stereocenters. The lowest BCUT2D eigenvalue weighted by Gasteiger charge is -2.17. The molecule has 0 aliphatic heterocycles. The Morgan fingerprint density at radius 1 is 1.12 bits per heavy atom. The third kappa shape index (κ3) is 4.50. The molecule has 0 saturated heterocycles. The molecule has 0 spiro atoms. The van der Waals surface area contributed by atoms with Crippen molar-refractivity contribution in [1.82, 2.24) is 14.5 Å². The summed E-state index contributed by atoms with van der Waals surface area (Å²) in [7, 11) is 3.26. The normalized spacial score (nSPS) is 12.9. The van der Waals surface area contributed by atoms with E-state index in [0.29, 0.717) is 5.39 Å². The van der Waals surface area contributed by atoms with Crippen LogP contribution in [-0.2, 0) is 0 Å². The number of hydrogen-bond donors (Lipinski definition) is 0. The van der Waals surface area contributed by atoms with Crippen LogP contribution in [0.5, 0.6) is 6.01 Å². The molecule has 4 rings (SSSR count). The molecular weight excluding hydrogens is 426 g/mol. The van der Waals surface area contributed by atoms with Gasteiger partial charge in [0.25, 0.3) is 5.56 Å². The Hall–Kier alpha value is -4.13. The van der Waals surface area contributed by atoms with E-state index in [9.17, 15) is 4.79 Å². The average Bonchev–Trinajstić information content (AvgIpc) is 2.88. The third-order valence-corrected chi connectivity index (χ3v) is 5.65. The maximum Gasteiger partial charge on any atom is 0.316 e. The zero-order valence-corrected chi connectivity index (χ0v) is 19.8. The number of para-hydroxylation sites is 1. The molecule has 0 aliphatic carbocycles. The SMILES string of the molecule is CCC(C=NC)N=C(C)c1cc2cccc(-c3cnc(OC)nc3)c2c(=O)n1-c1ccccc1. The maximum absolute atomic E-state index is 14.1. The highest BCUT2D eigenvalue weighted by atomic mass is 16.5. The quantitative estimate of drug-likeness (QED) is 0.378. The second kappa shape index (κ2) is 10.2. The van der Waals surface area contributed by atoms with Crippen LogP contribution < -0.4 is 10.3 Å². The minimum atomic E-state index is -0.128. The minimum Gasteiger partial charge on any atom is -0.467 e. The Labute approximate surface area is 198 Å². The molecule has 7 nitrogen and oxygen atoms in total. The van der Waals surface area contributed by atoms with Crippen molar-refractivity contribution in [2.24, 2.45) is 9.98 Å². The molecule has 0 fully saturated rings. The van der Waals surface area contributed by atoms with Crippen molar-refractivity contribution in [3.8, 4) is 22.8 Å². The fraction of sp³-hybridized carbons (Fsp3) is 0.222. The molecule has 0 aliphatic rings. The molecule has 4 aromatic rings. The summed E-state index contributed by atoms with van der Waals surface area (Å²) >= 11 is 0. The Morgan fingerprint density at radius 3 is 2.50 bits per heavy atom. The highest BCUT2D eigenvalue weighted by molar-refractivity contribution is 6.04. The number of fused-ring (bicyclic) bond motifs is 1. The van der Waals surface area contributed by atoms with Gasteiger partial charge in [0.15, 0.2) is 0 Å². The van der Waals surface area contributed by atoms with Gasteiger partial charge in [-0.25, -0.2) is 9.97 Å². The number of rotatable bonds is 7. The first-order valence-corrected chi connectivity index (χ1v) is 11.1. The Bertz CT molecular complexity index is 1410. The van der Waals surface area contributed by atoms with Crippen LogP contribution in [-0.4, -0.2) is 46.7 Å². The molecular formula is C27H27N5O2. The van der Waals surface area contributed by atoms with Crippen LogP contribution >= 0.6 is 0 Å². The standard InChI is InChI=1S/C27H27N5O2/c1-5-21(17-28-3)31-18(2)24-14-19-10-9-13-23(20-15-29-27(34-4)30-16-20)25(19)26(33)32(24)22-11-7-6-8-12-22/h6-17,21H,5H2,1-4H3. The molecule has 0 N–H and O–H groups in total. The average molecular weight is 454 g/mol. The maximum atomic E-state index is 14.1. The van der Waals surface area contributed by atoms with Crippen LogP contribution in [0.15, 0.2) is 81.8 Å². The number of hydrogen-bond acceptors (Lipinski definition) is 6. The van der Waals surface area contributed by atoms with E-state index in [4.69, 9.17) is 9.73 Å². The molecule has 0 amide bonds. The van der Waals surface area contributed by atoms with Gasteiger partial charge in [0.1, 0.15) is 0 Å². The summed E-state index contributed by atoms with van der Waals surface area (Å²) in [5.74, 6) is 0. The van der Waals surface area contributed by atoms with Gasteiger partial charge < -0.3 is 4.74 Å². The summed E-state index contributed by atoms with van der Waals surface area (Å²) in [5.41, 5.74) is 3.67. The van der Waals surface area contributed by atoms with Gasteiger partial charge in [0.05, 0.1) is 29.9 Å². The first-order valence-electron chi connectivity index (χ1n) is 11.1. The first kappa shape index (κ1) is 23.0. The number of ether oxygens (including phenoxy) is 1. The highest BCUT2D eigenvalue weighted by Gasteiger charge is 2.17. The molecule has 2 aromatic carbocycles. The van der Waals surface area contributed by atoms with E-state index in [-0.39, 0.29) is 17.6 Å². The number of aromatic nitrogens is 3. The van der Waals surface area contributed by atoms with Gasteiger partial charge >= 0.3 is 6.01 Å². The van der Waals surface area contributed by atoms with Crippen molar-refractivity contribution in [2.75, 3.05) is 14.2 Å². The lowest BCUT2D eigenvalue weighted by atomic mass is 10.00. The summed E-state index contributed by atoms with van der Waals surface area (Å²) in [4.78, 5) is 31.5. The van der Waals surface area contributed by atoms with Crippen molar-refractivity contribution in [3.05, 3.63) is 83.0 Å². The predicted molar refractivity (Wildman–Crippen MR) is 138 cm³/mol. The van der Waals surface area contributed by atoms with Gasteiger partial charge in [0, 0.05) is 36.9 Å². The lowest BCUT2D eigenvalue weighted by molar-refractivity contribution is 0.380. The molecule has 34 heavy (non-hydrogen) atoms. The van der Waals surface area contributed by atoms with Gasteiger partial charge in [-0.2, -0.15) is 0 Å². The van der Waals surface area contributed by atoms with Crippen LogP contribution in [0.25, 0.3) is 27.6 Å². The van der Waals surface area contributed by atoms with E-state index >= 15 is 0 Å². The minimum absolute atomic E-state index is 0.0530. The number of nitrogens with zero attached hydrogens (tertiary/aromatic N) is 5. The smallest absolute Gasteiger partial charge is 0.316 e. The highest BCUT2D eigenvalue weighted by Crippen LogP contribution is 2.28. The Balaban J connectivity index is 2.02. The molecule has 0 radical (unpaired) electrons. The van der Waals surface area contributed by atoms with Crippen molar-refractivity contribution in [1.29, 1.82) is 0 Å². The molecule has 0 saturated carbocycles. The molecule has 7 heteroatoms. The van der Waals surface area contributed by atoms with Crippen LogP contribution in [0.4, 0.5) is 0 Å². The largest absolute Gasteiger partial charge is 0.467 e. The van der Waals surface area contributed by atoms with Crippen LogP contribution in [0.1, 0.15) is 26.0 Å². The summed E-state index contributed by atoms with van der Waals surface area (Å²) in [6.45, 7) is 4.00. The van der Waals surface area contributed by atoms with Crippen molar-refractivity contribution in [3.63, 3.8) is 0 Å². The van der Waals surface area contributed by atoms with Crippen molar-refractivity contribution in [2.45, 2.75) is 26.3 Å². The van der Waals surface area contributed by atoms with E-state index in [1.54, 1.807) is 24.0 Å². The third-order valence-electron chi connectivity index (χ3n) is 5.65. The van der Waals surface area contributed by atoms with Gasteiger partial charge in [-0.15, -0.1) is 0 Å². The Kier molecular flexibility index (Phi) is 6.92. The molecule has 2 aromatic heterocycles. The Morgan fingerprint density at radius 2 is 1.85 bits per heavy atom. The number of pyridine rings is 1. The van der Waals surface area contributed by atoms with Crippen LogP contribution in [0.3, 0.4) is 0 Å². The molecule has 172 valence electrons.